The van der Waals surface area contributed by atoms with Crippen LogP contribution in [0.25, 0.3) is 0 Å². The zero-order valence-electron chi connectivity index (χ0n) is 22.9. The Morgan fingerprint density at radius 2 is 0.794 bits per heavy atom. The fourth-order valence-corrected chi connectivity index (χ4v) is 6.00. The highest BCUT2D eigenvalue weighted by atomic mass is 32.2. The van der Waals surface area contributed by atoms with Crippen molar-refractivity contribution in [3.05, 3.63) is 0 Å². The molecule has 0 radical (unpaired) electrons. The maximum Gasteiger partial charge on any atom is 0.123 e. The van der Waals surface area contributed by atoms with Crippen LogP contribution >= 0.6 is 0 Å². The maximum atomic E-state index is 12.4. The molecule has 0 rings (SSSR count). The summed E-state index contributed by atoms with van der Waals surface area (Å²) in [7, 11) is 0. The summed E-state index contributed by atoms with van der Waals surface area (Å²) in [5.74, 6) is 1.31. The van der Waals surface area contributed by atoms with Crippen molar-refractivity contribution in [2.24, 2.45) is 11.8 Å². The standard InChI is InChI=1S/C30H58O3S/c1-3-5-7-9-11-13-15-17-19-21-29(27-31)23-25-34(33)26-24-30(28-32)22-20-18-16-14-12-10-8-6-4-2/h27-30H,3-26H2,1-2H3. The van der Waals surface area contributed by atoms with E-state index < -0.39 is 11.2 Å². The molecule has 202 valence electrons. The van der Waals surface area contributed by atoms with Gasteiger partial charge in [0, 0.05) is 24.7 Å². The van der Waals surface area contributed by atoms with Crippen LogP contribution in [0.5, 0.6) is 0 Å². The lowest BCUT2D eigenvalue weighted by molar-refractivity contribution is -0.112. The van der Waals surface area contributed by atoms with Crippen molar-refractivity contribution in [1.29, 1.82) is 0 Å². The quantitative estimate of drug-likeness (QED) is 0.0614. The molecule has 0 N–H and O–H groups in total. The minimum absolute atomic E-state index is 0.0531. The van der Waals surface area contributed by atoms with Crippen LogP contribution in [-0.2, 0) is 20.8 Å². The number of rotatable bonds is 28. The van der Waals surface area contributed by atoms with Crippen molar-refractivity contribution in [2.45, 2.75) is 155 Å². The third-order valence-electron chi connectivity index (χ3n) is 7.17. The Balaban J connectivity index is 3.70. The molecule has 0 amide bonds. The van der Waals surface area contributed by atoms with Gasteiger partial charge in [0.2, 0.25) is 0 Å². The van der Waals surface area contributed by atoms with Crippen molar-refractivity contribution in [3.63, 3.8) is 0 Å². The van der Waals surface area contributed by atoms with Crippen LogP contribution < -0.4 is 0 Å². The van der Waals surface area contributed by atoms with Gasteiger partial charge in [0.1, 0.15) is 24.1 Å². The van der Waals surface area contributed by atoms with Crippen molar-refractivity contribution >= 4 is 23.7 Å². The van der Waals surface area contributed by atoms with Crippen LogP contribution in [0.2, 0.25) is 0 Å². The van der Waals surface area contributed by atoms with E-state index in [4.69, 9.17) is 0 Å². The lowest BCUT2D eigenvalue weighted by atomic mass is 9.99. The first-order valence-corrected chi connectivity index (χ1v) is 16.4. The fraction of sp³-hybridized carbons (Fsp3) is 0.933. The van der Waals surface area contributed by atoms with Crippen LogP contribution in [-0.4, -0.2) is 28.6 Å². The SMILES string of the molecule is CCCCCCCCCCCC(C=O)CC[S+]([O-])CCC(C=O)CCCCCCCCCCC. The third-order valence-corrected chi connectivity index (χ3v) is 8.56. The first-order chi connectivity index (χ1) is 16.7. The number of carbonyl (C=O) groups excluding carboxylic acids is 2. The zero-order valence-corrected chi connectivity index (χ0v) is 23.7. The van der Waals surface area contributed by atoms with Crippen LogP contribution in [0.1, 0.15) is 155 Å². The van der Waals surface area contributed by atoms with E-state index in [-0.39, 0.29) is 11.8 Å². The molecule has 0 aromatic heterocycles. The Hall–Kier alpha value is -0.350. The van der Waals surface area contributed by atoms with E-state index in [1.54, 1.807) is 0 Å². The molecule has 0 heterocycles. The van der Waals surface area contributed by atoms with E-state index in [1.807, 2.05) is 0 Å². The zero-order chi connectivity index (χ0) is 25.1. The highest BCUT2D eigenvalue weighted by Gasteiger charge is 2.16. The van der Waals surface area contributed by atoms with Gasteiger partial charge in [-0.25, -0.2) is 0 Å². The largest absolute Gasteiger partial charge is 0.616 e. The summed E-state index contributed by atoms with van der Waals surface area (Å²) in [5.41, 5.74) is 0. The maximum absolute atomic E-state index is 12.4. The van der Waals surface area contributed by atoms with E-state index in [9.17, 15) is 14.1 Å². The fourth-order valence-electron chi connectivity index (χ4n) is 4.66. The van der Waals surface area contributed by atoms with E-state index >= 15 is 0 Å². The monoisotopic (exact) mass is 498 g/mol. The Kier molecular flexibility index (Phi) is 27.0. The van der Waals surface area contributed by atoms with Crippen LogP contribution in [0.3, 0.4) is 0 Å². The minimum Gasteiger partial charge on any atom is -0.616 e. The number of unbranched alkanes of at least 4 members (excludes halogenated alkanes) is 16. The molecule has 4 heteroatoms. The summed E-state index contributed by atoms with van der Waals surface area (Å²) in [6, 6.07) is 0. The van der Waals surface area contributed by atoms with Crippen molar-refractivity contribution < 1.29 is 14.1 Å². The van der Waals surface area contributed by atoms with Gasteiger partial charge in [0.15, 0.2) is 0 Å². The molecule has 2 atom stereocenters. The van der Waals surface area contributed by atoms with Gasteiger partial charge in [-0.15, -0.1) is 0 Å². The molecule has 0 aliphatic rings. The molecule has 0 aromatic rings. The van der Waals surface area contributed by atoms with E-state index in [0.29, 0.717) is 11.5 Å². The van der Waals surface area contributed by atoms with Crippen LogP contribution in [0, 0.1) is 11.8 Å². The number of aldehydes is 2. The van der Waals surface area contributed by atoms with Gasteiger partial charge in [-0.3, -0.25) is 0 Å². The molecule has 3 nitrogen and oxygen atoms in total. The van der Waals surface area contributed by atoms with Crippen molar-refractivity contribution in [3.8, 4) is 0 Å². The second-order valence-electron chi connectivity index (χ2n) is 10.5. The van der Waals surface area contributed by atoms with Crippen LogP contribution in [0.15, 0.2) is 0 Å². The number of hydrogen-bond acceptors (Lipinski definition) is 3. The number of carbonyl (C=O) groups is 2. The summed E-state index contributed by atoms with van der Waals surface area (Å²) < 4.78 is 12.4. The van der Waals surface area contributed by atoms with E-state index in [2.05, 4.69) is 13.8 Å². The van der Waals surface area contributed by atoms with E-state index in [0.717, 1.165) is 51.1 Å². The predicted molar refractivity (Wildman–Crippen MR) is 150 cm³/mol. The molecule has 34 heavy (non-hydrogen) atoms. The molecule has 0 aromatic carbocycles. The molecule has 0 fully saturated rings. The molecule has 0 saturated carbocycles. The molecule has 0 aliphatic carbocycles. The van der Waals surface area contributed by atoms with Gasteiger partial charge < -0.3 is 14.1 Å². The Bertz CT molecular complexity index is 391. The average Bonchev–Trinajstić information content (AvgIpc) is 2.85. The smallest absolute Gasteiger partial charge is 0.123 e. The van der Waals surface area contributed by atoms with Gasteiger partial charge >= 0.3 is 0 Å². The molecular weight excluding hydrogens is 440 g/mol. The van der Waals surface area contributed by atoms with Crippen molar-refractivity contribution in [1.82, 2.24) is 0 Å². The molecule has 0 saturated heterocycles. The van der Waals surface area contributed by atoms with Gasteiger partial charge in [0.05, 0.1) is 0 Å². The van der Waals surface area contributed by atoms with Crippen molar-refractivity contribution in [2.75, 3.05) is 11.5 Å². The molecular formula is C30H58O3S. The number of hydrogen-bond donors (Lipinski definition) is 0. The summed E-state index contributed by atoms with van der Waals surface area (Å²) in [5, 5.41) is 0. The van der Waals surface area contributed by atoms with Gasteiger partial charge in [-0.05, 0) is 12.8 Å². The summed E-state index contributed by atoms with van der Waals surface area (Å²) >= 11 is -0.912. The topological polar surface area (TPSA) is 57.2 Å². The summed E-state index contributed by atoms with van der Waals surface area (Å²) in [6.07, 6.45) is 28.8. The molecule has 2 unspecified atom stereocenters. The Morgan fingerprint density at radius 1 is 0.500 bits per heavy atom. The Morgan fingerprint density at radius 3 is 1.09 bits per heavy atom. The summed E-state index contributed by atoms with van der Waals surface area (Å²) in [6.45, 7) is 4.50. The highest BCUT2D eigenvalue weighted by Crippen LogP contribution is 2.18. The van der Waals surface area contributed by atoms with Crippen LogP contribution in [0.4, 0.5) is 0 Å². The van der Waals surface area contributed by atoms with Gasteiger partial charge in [0.25, 0.3) is 0 Å². The third kappa shape index (κ3) is 23.4. The summed E-state index contributed by atoms with van der Waals surface area (Å²) in [4.78, 5) is 22.8. The highest BCUT2D eigenvalue weighted by molar-refractivity contribution is 7.91. The average molecular weight is 499 g/mol. The molecule has 0 aliphatic heterocycles. The first-order valence-electron chi connectivity index (χ1n) is 14.9. The lowest BCUT2D eigenvalue weighted by Crippen LogP contribution is -2.18. The van der Waals surface area contributed by atoms with Gasteiger partial charge in [-0.2, -0.15) is 0 Å². The van der Waals surface area contributed by atoms with E-state index in [1.165, 1.54) is 103 Å². The van der Waals surface area contributed by atoms with Gasteiger partial charge in [-0.1, -0.05) is 141 Å². The Labute approximate surface area is 216 Å². The second kappa shape index (κ2) is 27.2. The normalized spacial score (nSPS) is 14.1. The molecule has 0 spiro atoms. The molecule has 0 bridgehead atoms. The predicted octanol–water partition coefficient (Wildman–Crippen LogP) is 8.99. The minimum atomic E-state index is -0.912. The lowest BCUT2D eigenvalue weighted by Gasteiger charge is -2.16. The first kappa shape index (κ1) is 33.7. The second-order valence-corrected chi connectivity index (χ2v) is 12.1.